The molecule has 0 atom stereocenters. The van der Waals surface area contributed by atoms with Gasteiger partial charge in [0.25, 0.3) is 0 Å². The second kappa shape index (κ2) is 5.69. The van der Waals surface area contributed by atoms with Crippen LogP contribution < -0.4 is 0 Å². The fourth-order valence-electron chi connectivity index (χ4n) is 2.36. The van der Waals surface area contributed by atoms with Gasteiger partial charge in [0.05, 0.1) is 5.52 Å². The summed E-state index contributed by atoms with van der Waals surface area (Å²) in [4.78, 5) is 15.6. The molecule has 1 aromatic carbocycles. The molecule has 0 saturated heterocycles. The number of halogens is 1. The van der Waals surface area contributed by atoms with Crippen LogP contribution in [-0.4, -0.2) is 20.5 Å². The van der Waals surface area contributed by atoms with Crippen LogP contribution in [0.25, 0.3) is 5.52 Å². The lowest BCUT2D eigenvalue weighted by Gasteiger charge is -2.02. The van der Waals surface area contributed by atoms with Gasteiger partial charge in [-0.25, -0.2) is 9.78 Å². The van der Waals surface area contributed by atoms with Crippen LogP contribution in [0.4, 0.5) is 0 Å². The first-order chi connectivity index (χ1) is 10.1. The van der Waals surface area contributed by atoms with Crippen molar-refractivity contribution in [2.45, 2.75) is 12.8 Å². The molecule has 0 amide bonds. The summed E-state index contributed by atoms with van der Waals surface area (Å²) in [5, 5.41) is 9.28. The van der Waals surface area contributed by atoms with Crippen molar-refractivity contribution in [3.05, 3.63) is 70.2 Å². The Kier molecular flexibility index (Phi) is 3.75. The van der Waals surface area contributed by atoms with Gasteiger partial charge in [-0.05, 0) is 24.1 Å². The highest BCUT2D eigenvalue weighted by molar-refractivity contribution is 9.10. The summed E-state index contributed by atoms with van der Waals surface area (Å²) >= 11 is 3.37. The van der Waals surface area contributed by atoms with Crippen LogP contribution in [0, 0.1) is 0 Å². The summed E-state index contributed by atoms with van der Waals surface area (Å²) in [5.41, 5.74) is 1.92. The topological polar surface area (TPSA) is 54.6 Å². The Hall–Kier alpha value is -2.14. The van der Waals surface area contributed by atoms with Crippen molar-refractivity contribution in [2.24, 2.45) is 0 Å². The van der Waals surface area contributed by atoms with Crippen molar-refractivity contribution >= 4 is 27.4 Å². The first-order valence-corrected chi connectivity index (χ1v) is 7.38. The first kappa shape index (κ1) is 13.8. The Morgan fingerprint density at radius 1 is 1.19 bits per heavy atom. The Labute approximate surface area is 130 Å². The largest absolute Gasteiger partial charge is 0.476 e. The van der Waals surface area contributed by atoms with Gasteiger partial charge < -0.3 is 9.51 Å². The number of aromatic nitrogens is 2. The van der Waals surface area contributed by atoms with Crippen LogP contribution in [0.15, 0.2) is 53.1 Å². The lowest BCUT2D eigenvalue weighted by atomic mass is 10.1. The minimum absolute atomic E-state index is 0.0966. The number of carboxylic acids is 1. The molecule has 1 N–H and O–H groups in total. The van der Waals surface area contributed by atoms with E-state index in [-0.39, 0.29) is 5.69 Å². The normalized spacial score (nSPS) is 10.9. The molecule has 0 fully saturated rings. The fraction of sp³-hybridized carbons (Fsp3) is 0.125. The second-order valence-electron chi connectivity index (χ2n) is 4.77. The predicted molar refractivity (Wildman–Crippen MR) is 83.7 cm³/mol. The summed E-state index contributed by atoms with van der Waals surface area (Å²) in [6.07, 6.45) is 3.37. The highest BCUT2D eigenvalue weighted by atomic mass is 79.9. The molecule has 5 heteroatoms. The van der Waals surface area contributed by atoms with E-state index in [0.29, 0.717) is 11.9 Å². The molecule has 3 aromatic rings. The van der Waals surface area contributed by atoms with E-state index in [1.165, 1.54) is 5.56 Å². The van der Waals surface area contributed by atoms with E-state index in [2.05, 4.69) is 33.0 Å². The minimum Gasteiger partial charge on any atom is -0.476 e. The first-order valence-electron chi connectivity index (χ1n) is 6.59. The summed E-state index contributed by atoms with van der Waals surface area (Å²) in [7, 11) is 0. The number of aryl methyl sites for hydroxylation is 2. The summed E-state index contributed by atoms with van der Waals surface area (Å²) in [6.45, 7) is 0. The van der Waals surface area contributed by atoms with Gasteiger partial charge in [-0.15, -0.1) is 0 Å². The third kappa shape index (κ3) is 2.83. The molecule has 21 heavy (non-hydrogen) atoms. The molecular weight excluding hydrogens is 332 g/mol. The van der Waals surface area contributed by atoms with E-state index >= 15 is 0 Å². The van der Waals surface area contributed by atoms with Gasteiger partial charge in [-0.3, -0.25) is 0 Å². The third-order valence-corrected chi connectivity index (χ3v) is 3.85. The molecule has 0 aliphatic carbocycles. The Bertz CT molecular complexity index is 797. The molecule has 0 bridgehead atoms. The SMILES string of the molecule is O=C(O)c1nc(CCc2ccccc2)n2ccc(Br)cc12. The van der Waals surface area contributed by atoms with Gasteiger partial charge in [0, 0.05) is 17.1 Å². The molecule has 0 unspecified atom stereocenters. The molecule has 2 aromatic heterocycles. The number of aromatic carboxylic acids is 1. The van der Waals surface area contributed by atoms with Crippen molar-refractivity contribution in [1.82, 2.24) is 9.38 Å². The average molecular weight is 345 g/mol. The predicted octanol–water partition coefficient (Wildman–Crippen LogP) is 3.58. The molecule has 2 heterocycles. The van der Waals surface area contributed by atoms with E-state index in [0.717, 1.165) is 16.7 Å². The maximum absolute atomic E-state index is 11.3. The number of carbonyl (C=O) groups is 1. The summed E-state index contributed by atoms with van der Waals surface area (Å²) in [5.74, 6) is -0.240. The van der Waals surface area contributed by atoms with Gasteiger partial charge in [0.15, 0.2) is 5.69 Å². The number of carboxylic acid groups (broad SMARTS) is 1. The number of imidazole rings is 1. The zero-order valence-electron chi connectivity index (χ0n) is 11.2. The fourth-order valence-corrected chi connectivity index (χ4v) is 2.69. The molecule has 0 aliphatic heterocycles. The number of fused-ring (bicyclic) bond motifs is 1. The molecule has 0 aliphatic rings. The lowest BCUT2D eigenvalue weighted by molar-refractivity contribution is 0.0693. The number of hydrogen-bond acceptors (Lipinski definition) is 2. The molecule has 0 radical (unpaired) electrons. The quantitative estimate of drug-likeness (QED) is 0.786. The van der Waals surface area contributed by atoms with E-state index in [1.807, 2.05) is 34.9 Å². The lowest BCUT2D eigenvalue weighted by Crippen LogP contribution is -1.98. The minimum atomic E-state index is -1.00. The summed E-state index contributed by atoms with van der Waals surface area (Å²) in [6, 6.07) is 13.8. The molecule has 3 rings (SSSR count). The highest BCUT2D eigenvalue weighted by Crippen LogP contribution is 2.19. The molecular formula is C16H13BrN2O2. The van der Waals surface area contributed by atoms with E-state index in [1.54, 1.807) is 6.07 Å². The smallest absolute Gasteiger partial charge is 0.356 e. The van der Waals surface area contributed by atoms with Gasteiger partial charge in [0.1, 0.15) is 5.82 Å². The van der Waals surface area contributed by atoms with Crippen LogP contribution in [0.3, 0.4) is 0 Å². The maximum Gasteiger partial charge on any atom is 0.356 e. The number of benzene rings is 1. The Balaban J connectivity index is 1.97. The van der Waals surface area contributed by atoms with Crippen molar-refractivity contribution in [3.63, 3.8) is 0 Å². The van der Waals surface area contributed by atoms with Crippen LogP contribution in [-0.2, 0) is 12.8 Å². The second-order valence-corrected chi connectivity index (χ2v) is 5.68. The van der Waals surface area contributed by atoms with Crippen LogP contribution in [0.1, 0.15) is 21.9 Å². The summed E-state index contributed by atoms with van der Waals surface area (Å²) < 4.78 is 2.68. The van der Waals surface area contributed by atoms with E-state index in [4.69, 9.17) is 0 Å². The van der Waals surface area contributed by atoms with Crippen molar-refractivity contribution < 1.29 is 9.90 Å². The number of rotatable bonds is 4. The van der Waals surface area contributed by atoms with Crippen molar-refractivity contribution in [3.8, 4) is 0 Å². The molecule has 4 nitrogen and oxygen atoms in total. The standard InChI is InChI=1S/C16H13BrN2O2/c17-12-8-9-19-13(10-12)15(16(20)21)18-14(19)7-6-11-4-2-1-3-5-11/h1-5,8-10H,6-7H2,(H,20,21). The van der Waals surface area contributed by atoms with E-state index < -0.39 is 5.97 Å². The zero-order valence-corrected chi connectivity index (χ0v) is 12.7. The third-order valence-electron chi connectivity index (χ3n) is 3.36. The number of pyridine rings is 1. The monoisotopic (exact) mass is 344 g/mol. The van der Waals surface area contributed by atoms with E-state index in [9.17, 15) is 9.90 Å². The van der Waals surface area contributed by atoms with Gasteiger partial charge in [-0.2, -0.15) is 0 Å². The maximum atomic E-state index is 11.3. The van der Waals surface area contributed by atoms with Gasteiger partial charge >= 0.3 is 5.97 Å². The van der Waals surface area contributed by atoms with Crippen molar-refractivity contribution in [1.29, 1.82) is 0 Å². The Morgan fingerprint density at radius 3 is 2.67 bits per heavy atom. The zero-order chi connectivity index (χ0) is 14.8. The van der Waals surface area contributed by atoms with Gasteiger partial charge in [-0.1, -0.05) is 46.3 Å². The molecule has 0 spiro atoms. The molecule has 0 saturated carbocycles. The molecule has 106 valence electrons. The van der Waals surface area contributed by atoms with Crippen molar-refractivity contribution in [2.75, 3.05) is 0 Å². The van der Waals surface area contributed by atoms with Crippen LogP contribution >= 0.6 is 15.9 Å². The highest BCUT2D eigenvalue weighted by Gasteiger charge is 2.16. The number of hydrogen-bond donors (Lipinski definition) is 1. The van der Waals surface area contributed by atoms with Gasteiger partial charge in [0.2, 0.25) is 0 Å². The number of nitrogens with zero attached hydrogens (tertiary/aromatic N) is 2. The van der Waals surface area contributed by atoms with Crippen LogP contribution in [0.5, 0.6) is 0 Å². The Morgan fingerprint density at radius 2 is 1.95 bits per heavy atom. The van der Waals surface area contributed by atoms with Crippen LogP contribution in [0.2, 0.25) is 0 Å². The average Bonchev–Trinajstić information content (AvgIpc) is 2.84.